The maximum absolute atomic E-state index is 5.72. The Labute approximate surface area is 173 Å². The average Bonchev–Trinajstić information content (AvgIpc) is 2.63. The van der Waals surface area contributed by atoms with E-state index in [4.69, 9.17) is 26.4 Å². The molecule has 5 nitrogen and oxygen atoms in total. The largest absolute Gasteiger partial charge is 0.491 e. The standard InChI is InChI=1S/C22H30N2O3S/c1-6-25-20-12-11-17(13-21(20)26-7-2)16(5)23-22(28)24-18-9-8-10-19(14-18)27-15(3)4/h8-16H,6-7H2,1-5H3,(H2,23,24,28)/t16-/m1/s1. The van der Waals surface area contributed by atoms with E-state index >= 15 is 0 Å². The Morgan fingerprint density at radius 1 is 0.964 bits per heavy atom. The lowest BCUT2D eigenvalue weighted by Gasteiger charge is -2.19. The highest BCUT2D eigenvalue weighted by Crippen LogP contribution is 2.30. The molecule has 0 amide bonds. The molecule has 0 heterocycles. The lowest BCUT2D eigenvalue weighted by molar-refractivity contribution is 0.242. The normalized spacial score (nSPS) is 11.6. The molecule has 2 aromatic rings. The highest BCUT2D eigenvalue weighted by Gasteiger charge is 2.12. The van der Waals surface area contributed by atoms with Crippen LogP contribution < -0.4 is 24.8 Å². The van der Waals surface area contributed by atoms with E-state index in [0.29, 0.717) is 18.3 Å². The average molecular weight is 403 g/mol. The summed E-state index contributed by atoms with van der Waals surface area (Å²) in [6.45, 7) is 11.2. The Kier molecular flexibility index (Phi) is 8.39. The fraction of sp³-hybridized carbons (Fsp3) is 0.409. The third-order valence-corrected chi connectivity index (χ3v) is 4.10. The summed E-state index contributed by atoms with van der Waals surface area (Å²) in [5.74, 6) is 2.31. The van der Waals surface area contributed by atoms with E-state index < -0.39 is 0 Å². The molecule has 152 valence electrons. The SMILES string of the molecule is CCOc1ccc([C@@H](C)NC(=S)Nc2cccc(OC(C)C)c2)cc1OCC. The van der Waals surface area contributed by atoms with Gasteiger partial charge in [-0.15, -0.1) is 0 Å². The van der Waals surface area contributed by atoms with Gasteiger partial charge in [-0.25, -0.2) is 0 Å². The molecule has 0 aromatic heterocycles. The molecule has 0 fully saturated rings. The summed E-state index contributed by atoms with van der Waals surface area (Å²) in [5, 5.41) is 7.06. The second-order valence-corrected chi connectivity index (χ2v) is 7.00. The van der Waals surface area contributed by atoms with Crippen LogP contribution >= 0.6 is 12.2 Å². The molecular weight excluding hydrogens is 372 g/mol. The van der Waals surface area contributed by atoms with E-state index in [-0.39, 0.29) is 12.1 Å². The molecule has 2 N–H and O–H groups in total. The zero-order valence-corrected chi connectivity index (χ0v) is 18.1. The van der Waals surface area contributed by atoms with Gasteiger partial charge in [-0.05, 0) is 76.7 Å². The maximum atomic E-state index is 5.72. The van der Waals surface area contributed by atoms with Gasteiger partial charge in [-0.1, -0.05) is 12.1 Å². The minimum absolute atomic E-state index is 0.00461. The summed E-state index contributed by atoms with van der Waals surface area (Å²) >= 11 is 5.48. The molecule has 0 unspecified atom stereocenters. The first-order valence-corrected chi connectivity index (χ1v) is 10.1. The molecule has 2 aromatic carbocycles. The van der Waals surface area contributed by atoms with Crippen LogP contribution in [0.4, 0.5) is 5.69 Å². The molecule has 0 spiro atoms. The van der Waals surface area contributed by atoms with Crippen LogP contribution in [-0.2, 0) is 0 Å². The van der Waals surface area contributed by atoms with Crippen LogP contribution in [0.5, 0.6) is 17.2 Å². The first-order valence-electron chi connectivity index (χ1n) is 9.66. The number of hydrogen-bond acceptors (Lipinski definition) is 4. The van der Waals surface area contributed by atoms with Crippen LogP contribution in [0.25, 0.3) is 0 Å². The molecule has 6 heteroatoms. The van der Waals surface area contributed by atoms with Crippen LogP contribution in [0.15, 0.2) is 42.5 Å². The van der Waals surface area contributed by atoms with Crippen molar-refractivity contribution in [3.63, 3.8) is 0 Å². The van der Waals surface area contributed by atoms with Crippen molar-refractivity contribution in [3.8, 4) is 17.2 Å². The lowest BCUT2D eigenvalue weighted by atomic mass is 10.1. The van der Waals surface area contributed by atoms with Crippen LogP contribution in [-0.4, -0.2) is 24.4 Å². The van der Waals surface area contributed by atoms with Gasteiger partial charge in [-0.3, -0.25) is 0 Å². The van der Waals surface area contributed by atoms with Gasteiger partial charge in [0.15, 0.2) is 16.6 Å². The van der Waals surface area contributed by atoms with Crippen molar-refractivity contribution >= 4 is 23.0 Å². The van der Waals surface area contributed by atoms with Crippen LogP contribution in [0.2, 0.25) is 0 Å². The van der Waals surface area contributed by atoms with E-state index in [9.17, 15) is 0 Å². The Balaban J connectivity index is 2.03. The summed E-state index contributed by atoms with van der Waals surface area (Å²) in [6.07, 6.45) is 0.125. The van der Waals surface area contributed by atoms with Crippen molar-refractivity contribution in [2.24, 2.45) is 0 Å². The zero-order valence-electron chi connectivity index (χ0n) is 17.2. The highest BCUT2D eigenvalue weighted by molar-refractivity contribution is 7.80. The number of hydrogen-bond donors (Lipinski definition) is 2. The molecule has 0 aliphatic carbocycles. The molecule has 2 rings (SSSR count). The molecule has 0 aliphatic heterocycles. The summed E-state index contributed by atoms with van der Waals surface area (Å²) in [7, 11) is 0. The number of benzene rings is 2. The van der Waals surface area contributed by atoms with Crippen molar-refractivity contribution in [3.05, 3.63) is 48.0 Å². The van der Waals surface area contributed by atoms with Gasteiger partial charge in [-0.2, -0.15) is 0 Å². The van der Waals surface area contributed by atoms with E-state index in [1.54, 1.807) is 0 Å². The Morgan fingerprint density at radius 2 is 1.68 bits per heavy atom. The monoisotopic (exact) mass is 402 g/mol. The Bertz CT molecular complexity index is 780. The van der Waals surface area contributed by atoms with Gasteiger partial charge >= 0.3 is 0 Å². The summed E-state index contributed by atoms with van der Waals surface area (Å²) in [5.41, 5.74) is 1.94. The van der Waals surface area contributed by atoms with Crippen molar-refractivity contribution in [2.75, 3.05) is 18.5 Å². The third kappa shape index (κ3) is 6.60. The molecule has 0 saturated heterocycles. The molecular formula is C22H30N2O3S. The first-order chi connectivity index (χ1) is 13.4. The van der Waals surface area contributed by atoms with Gasteiger partial charge < -0.3 is 24.8 Å². The highest BCUT2D eigenvalue weighted by atomic mass is 32.1. The van der Waals surface area contributed by atoms with Gasteiger partial charge in [0.2, 0.25) is 0 Å². The molecule has 28 heavy (non-hydrogen) atoms. The fourth-order valence-electron chi connectivity index (χ4n) is 2.70. The molecule has 0 aliphatic rings. The number of nitrogens with one attached hydrogen (secondary N) is 2. The van der Waals surface area contributed by atoms with Crippen molar-refractivity contribution in [1.82, 2.24) is 5.32 Å². The number of anilines is 1. The quantitative estimate of drug-likeness (QED) is 0.554. The third-order valence-electron chi connectivity index (χ3n) is 3.88. The van der Waals surface area contributed by atoms with Crippen LogP contribution in [0.1, 0.15) is 46.2 Å². The minimum Gasteiger partial charge on any atom is -0.491 e. The van der Waals surface area contributed by atoms with Gasteiger partial charge in [0, 0.05) is 11.8 Å². The topological polar surface area (TPSA) is 51.8 Å². The predicted octanol–water partition coefficient (Wildman–Crippen LogP) is 5.32. The van der Waals surface area contributed by atoms with Crippen LogP contribution in [0, 0.1) is 0 Å². The van der Waals surface area contributed by atoms with Crippen LogP contribution in [0.3, 0.4) is 0 Å². The maximum Gasteiger partial charge on any atom is 0.171 e. The lowest BCUT2D eigenvalue weighted by Crippen LogP contribution is -2.30. The second kappa shape index (κ2) is 10.8. The van der Waals surface area contributed by atoms with E-state index in [1.807, 2.05) is 70.2 Å². The molecule has 0 bridgehead atoms. The van der Waals surface area contributed by atoms with Gasteiger partial charge in [0.25, 0.3) is 0 Å². The Hall–Kier alpha value is -2.47. The summed E-state index contributed by atoms with van der Waals surface area (Å²) in [6, 6.07) is 13.7. The van der Waals surface area contributed by atoms with Gasteiger partial charge in [0.05, 0.1) is 25.4 Å². The van der Waals surface area contributed by atoms with Crippen molar-refractivity contribution in [1.29, 1.82) is 0 Å². The van der Waals surface area contributed by atoms with Crippen molar-refractivity contribution in [2.45, 2.75) is 46.8 Å². The minimum atomic E-state index is 0.00461. The van der Waals surface area contributed by atoms with Gasteiger partial charge in [0.1, 0.15) is 5.75 Å². The van der Waals surface area contributed by atoms with E-state index in [1.165, 1.54) is 0 Å². The number of ether oxygens (including phenoxy) is 3. The van der Waals surface area contributed by atoms with E-state index in [2.05, 4.69) is 17.6 Å². The summed E-state index contributed by atoms with van der Waals surface area (Å²) in [4.78, 5) is 0. The summed E-state index contributed by atoms with van der Waals surface area (Å²) < 4.78 is 17.1. The zero-order chi connectivity index (χ0) is 20.5. The van der Waals surface area contributed by atoms with Crippen molar-refractivity contribution < 1.29 is 14.2 Å². The predicted molar refractivity (Wildman–Crippen MR) is 119 cm³/mol. The van der Waals surface area contributed by atoms with E-state index in [0.717, 1.165) is 28.5 Å². The second-order valence-electron chi connectivity index (χ2n) is 6.59. The number of rotatable bonds is 9. The Morgan fingerprint density at radius 3 is 2.36 bits per heavy atom. The molecule has 1 atom stereocenters. The fourth-order valence-corrected chi connectivity index (χ4v) is 3.00. The molecule has 0 radical (unpaired) electrons. The number of thiocarbonyl (C=S) groups is 1. The molecule has 0 saturated carbocycles. The first kappa shape index (κ1) is 21.8. The smallest absolute Gasteiger partial charge is 0.171 e.